The number of hydrogen-bond donors (Lipinski definition) is 2. The molecule has 0 atom stereocenters. The minimum atomic E-state index is -0.828. The normalized spacial score (nSPS) is 24.6. The topological polar surface area (TPSA) is 105 Å². The number of hydrazine groups is 1. The van der Waals surface area contributed by atoms with Crippen molar-refractivity contribution in [1.29, 1.82) is 0 Å². The van der Waals surface area contributed by atoms with Crippen molar-refractivity contribution in [1.82, 2.24) is 30.5 Å². The summed E-state index contributed by atoms with van der Waals surface area (Å²) in [7, 11) is 0. The van der Waals surface area contributed by atoms with Crippen LogP contribution in [0, 0.1) is 0 Å². The molecule has 1 saturated carbocycles. The van der Waals surface area contributed by atoms with Crippen molar-refractivity contribution in [3.05, 3.63) is 0 Å². The number of nitrogens with zero attached hydrogens (tertiary/aromatic N) is 4. The van der Waals surface area contributed by atoms with Crippen LogP contribution in [0.15, 0.2) is 0 Å². The zero-order valence-corrected chi connectivity index (χ0v) is 18.2. The monoisotopic (exact) mass is 434 g/mol. The van der Waals surface area contributed by atoms with Crippen molar-refractivity contribution < 1.29 is 19.2 Å². The molecule has 4 fully saturated rings. The smallest absolute Gasteiger partial charge is 0.342 e. The van der Waals surface area contributed by atoms with Crippen molar-refractivity contribution in [2.24, 2.45) is 0 Å². The number of imide groups is 1. The molecule has 5 amide bonds. The average Bonchev–Trinajstić information content (AvgIpc) is 3.38. The molecule has 0 radical (unpaired) electrons. The highest BCUT2D eigenvalue weighted by Gasteiger charge is 2.52. The highest BCUT2D eigenvalue weighted by Crippen LogP contribution is 2.33. The summed E-state index contributed by atoms with van der Waals surface area (Å²) in [6.07, 6.45) is 6.57. The van der Waals surface area contributed by atoms with Gasteiger partial charge in [-0.2, -0.15) is 5.01 Å². The Hall–Kier alpha value is -2.20. The standard InChI is InChI=1S/C21H34N6O4/c28-17(23-27-19(30)21(22-20(27)31)7-2-1-3-8-21)6-11-24-12-14-25(15-13-24)16-18(29)26-9-4-5-10-26/h1-16H2,(H,22,31)(H,23,28). The minimum absolute atomic E-state index is 0.217. The van der Waals surface area contributed by atoms with Gasteiger partial charge in [-0.25, -0.2) is 4.79 Å². The van der Waals surface area contributed by atoms with Gasteiger partial charge in [0, 0.05) is 52.2 Å². The fourth-order valence-corrected chi connectivity index (χ4v) is 5.09. The molecule has 2 N–H and O–H groups in total. The highest BCUT2D eigenvalue weighted by atomic mass is 16.2. The summed E-state index contributed by atoms with van der Waals surface area (Å²) in [5.74, 6) is -0.445. The van der Waals surface area contributed by atoms with E-state index in [1.807, 2.05) is 4.90 Å². The molecule has 4 aliphatic rings. The number of rotatable bonds is 6. The lowest BCUT2D eigenvalue weighted by molar-refractivity contribution is -0.140. The summed E-state index contributed by atoms with van der Waals surface area (Å²) < 4.78 is 0. The lowest BCUT2D eigenvalue weighted by Gasteiger charge is -2.34. The van der Waals surface area contributed by atoms with Crippen LogP contribution in [0.25, 0.3) is 0 Å². The van der Waals surface area contributed by atoms with Gasteiger partial charge in [0.15, 0.2) is 0 Å². The maximum Gasteiger partial charge on any atom is 0.344 e. The molecule has 4 rings (SSSR count). The van der Waals surface area contributed by atoms with Crippen LogP contribution in [0.2, 0.25) is 0 Å². The summed E-state index contributed by atoms with van der Waals surface area (Å²) in [6, 6.07) is -0.531. The molecule has 10 nitrogen and oxygen atoms in total. The van der Waals surface area contributed by atoms with E-state index in [1.165, 1.54) is 0 Å². The Morgan fingerprint density at radius 2 is 1.52 bits per heavy atom. The van der Waals surface area contributed by atoms with Crippen molar-refractivity contribution >= 4 is 23.8 Å². The summed E-state index contributed by atoms with van der Waals surface area (Å²) in [5, 5.41) is 3.67. The van der Waals surface area contributed by atoms with Gasteiger partial charge >= 0.3 is 6.03 Å². The van der Waals surface area contributed by atoms with Gasteiger partial charge in [-0.05, 0) is 25.7 Å². The zero-order chi connectivity index (χ0) is 21.8. The van der Waals surface area contributed by atoms with Crippen LogP contribution in [0.4, 0.5) is 4.79 Å². The number of amides is 5. The molecule has 0 aromatic carbocycles. The van der Waals surface area contributed by atoms with Gasteiger partial charge in [0.1, 0.15) is 5.54 Å². The zero-order valence-electron chi connectivity index (χ0n) is 18.2. The largest absolute Gasteiger partial charge is 0.344 e. The third kappa shape index (κ3) is 5.01. The van der Waals surface area contributed by atoms with Crippen LogP contribution in [0.5, 0.6) is 0 Å². The molecule has 3 heterocycles. The van der Waals surface area contributed by atoms with E-state index in [-0.39, 0.29) is 24.1 Å². The molecule has 0 aromatic heterocycles. The Kier molecular flexibility index (Phi) is 6.76. The molecule has 1 aliphatic carbocycles. The summed E-state index contributed by atoms with van der Waals surface area (Å²) in [5.41, 5.74) is 1.67. The van der Waals surface area contributed by atoms with Crippen molar-refractivity contribution in [3.63, 3.8) is 0 Å². The van der Waals surface area contributed by atoms with Crippen molar-refractivity contribution in [2.45, 2.75) is 56.9 Å². The molecule has 0 bridgehead atoms. The van der Waals surface area contributed by atoms with Gasteiger partial charge in [0.2, 0.25) is 11.8 Å². The Bertz CT molecular complexity index is 709. The molecule has 0 unspecified atom stereocenters. The van der Waals surface area contributed by atoms with E-state index in [0.29, 0.717) is 25.9 Å². The summed E-state index contributed by atoms with van der Waals surface area (Å²) in [4.78, 5) is 56.0. The number of likely N-dealkylation sites (tertiary alicyclic amines) is 1. The third-order valence-electron chi connectivity index (χ3n) is 7.04. The second-order valence-corrected chi connectivity index (χ2v) is 9.20. The lowest BCUT2D eigenvalue weighted by atomic mass is 9.82. The van der Waals surface area contributed by atoms with E-state index in [1.54, 1.807) is 0 Å². The minimum Gasteiger partial charge on any atom is -0.342 e. The molecule has 3 aliphatic heterocycles. The highest BCUT2D eigenvalue weighted by molar-refractivity contribution is 6.08. The second kappa shape index (κ2) is 9.52. The van der Waals surface area contributed by atoms with E-state index < -0.39 is 11.6 Å². The first-order valence-electron chi connectivity index (χ1n) is 11.7. The predicted octanol–water partition coefficient (Wildman–Crippen LogP) is -0.0976. The molecular formula is C21H34N6O4. The Balaban J connectivity index is 1.16. The first kappa shape index (κ1) is 22.0. The molecule has 1 spiro atoms. The maximum absolute atomic E-state index is 12.7. The quantitative estimate of drug-likeness (QED) is 0.566. The first-order chi connectivity index (χ1) is 15.0. The summed E-state index contributed by atoms with van der Waals surface area (Å²) >= 11 is 0. The van der Waals surface area contributed by atoms with Gasteiger partial charge in [-0.15, -0.1) is 0 Å². The molecule has 172 valence electrons. The molecule has 0 aromatic rings. The fourth-order valence-electron chi connectivity index (χ4n) is 5.09. The Morgan fingerprint density at radius 1 is 0.871 bits per heavy atom. The molecule has 31 heavy (non-hydrogen) atoms. The Labute approximate surface area is 183 Å². The number of nitrogens with one attached hydrogen (secondary N) is 2. The fraction of sp³-hybridized carbons (Fsp3) is 0.810. The number of piperazine rings is 1. The second-order valence-electron chi connectivity index (χ2n) is 9.20. The maximum atomic E-state index is 12.7. The van der Waals surface area contributed by atoms with E-state index in [9.17, 15) is 19.2 Å². The van der Waals surface area contributed by atoms with Gasteiger partial charge in [0.25, 0.3) is 5.91 Å². The molecule has 10 heteroatoms. The average molecular weight is 435 g/mol. The van der Waals surface area contributed by atoms with Crippen molar-refractivity contribution in [3.8, 4) is 0 Å². The van der Waals surface area contributed by atoms with Crippen LogP contribution < -0.4 is 10.7 Å². The lowest BCUT2D eigenvalue weighted by Crippen LogP contribution is -2.52. The SMILES string of the molecule is O=C(CCN1CCN(CC(=O)N2CCCC2)CC1)NN1C(=O)NC2(CCCCC2)C1=O. The van der Waals surface area contributed by atoms with Crippen LogP contribution in [-0.4, -0.2) is 101 Å². The third-order valence-corrected chi connectivity index (χ3v) is 7.04. The predicted molar refractivity (Wildman–Crippen MR) is 113 cm³/mol. The van der Waals surface area contributed by atoms with Crippen LogP contribution in [0.3, 0.4) is 0 Å². The van der Waals surface area contributed by atoms with Gasteiger partial charge < -0.3 is 15.1 Å². The number of carbonyl (C=O) groups is 4. The first-order valence-corrected chi connectivity index (χ1v) is 11.7. The van der Waals surface area contributed by atoms with Gasteiger partial charge in [-0.3, -0.25) is 24.7 Å². The van der Waals surface area contributed by atoms with E-state index in [2.05, 4.69) is 20.5 Å². The van der Waals surface area contributed by atoms with Crippen LogP contribution in [0.1, 0.15) is 51.4 Å². The van der Waals surface area contributed by atoms with Crippen LogP contribution >= 0.6 is 0 Å². The van der Waals surface area contributed by atoms with E-state index in [0.717, 1.165) is 76.4 Å². The van der Waals surface area contributed by atoms with Gasteiger partial charge in [0.05, 0.1) is 6.54 Å². The van der Waals surface area contributed by atoms with E-state index in [4.69, 9.17) is 0 Å². The van der Waals surface area contributed by atoms with Crippen molar-refractivity contribution in [2.75, 3.05) is 52.4 Å². The number of carbonyl (C=O) groups excluding carboxylic acids is 4. The molecular weight excluding hydrogens is 400 g/mol. The molecule has 3 saturated heterocycles. The van der Waals surface area contributed by atoms with Gasteiger partial charge in [-0.1, -0.05) is 19.3 Å². The van der Waals surface area contributed by atoms with E-state index >= 15 is 0 Å². The number of hydrogen-bond acceptors (Lipinski definition) is 6. The number of urea groups is 1. The van der Waals surface area contributed by atoms with Crippen LogP contribution in [-0.2, 0) is 14.4 Å². The Morgan fingerprint density at radius 3 is 2.19 bits per heavy atom. The summed E-state index contributed by atoms with van der Waals surface area (Å²) in [6.45, 7) is 6.00.